The van der Waals surface area contributed by atoms with E-state index in [0.717, 1.165) is 150 Å². The molecular formula is C43H51ClI2N8O3. The van der Waals surface area contributed by atoms with Gasteiger partial charge in [-0.25, -0.2) is 9.03 Å². The SMILES string of the molecule is COc1ccccc1N1CCN(CCCCOc2ccn3ncc(I)c3c2)CC1.Clc1ccccc1N1CCN(CCCCOc2ccn3ncc(I)c3c2)CC1. The molecule has 0 N–H and O–H groups in total. The molecule has 0 atom stereocenters. The third kappa shape index (κ3) is 11.4. The Bertz CT molecular complexity index is 2170. The molecule has 14 heteroatoms. The number of ether oxygens (including phenoxy) is 3. The summed E-state index contributed by atoms with van der Waals surface area (Å²) in [5.74, 6) is 2.79. The maximum absolute atomic E-state index is 6.32. The summed E-state index contributed by atoms with van der Waals surface area (Å²) in [6, 6.07) is 24.5. The zero-order valence-electron chi connectivity index (χ0n) is 32.5. The number of pyridine rings is 2. The predicted octanol–water partition coefficient (Wildman–Crippen LogP) is 8.50. The van der Waals surface area contributed by atoms with Crippen LogP contribution in [0, 0.1) is 7.14 Å². The number of benzene rings is 2. The largest absolute Gasteiger partial charge is 0.495 e. The van der Waals surface area contributed by atoms with E-state index in [1.807, 2.05) is 70.2 Å². The van der Waals surface area contributed by atoms with Gasteiger partial charge >= 0.3 is 0 Å². The van der Waals surface area contributed by atoms with Crippen molar-refractivity contribution in [2.75, 3.05) is 95.6 Å². The van der Waals surface area contributed by atoms with Gasteiger partial charge in [0.15, 0.2) is 0 Å². The third-order valence-electron chi connectivity index (χ3n) is 10.5. The maximum Gasteiger partial charge on any atom is 0.142 e. The summed E-state index contributed by atoms with van der Waals surface area (Å²) >= 11 is 10.9. The maximum atomic E-state index is 6.32. The monoisotopic (exact) mass is 1020 g/mol. The second kappa shape index (κ2) is 21.0. The normalized spacial score (nSPS) is 15.2. The molecule has 0 unspecified atom stereocenters. The number of methoxy groups -OCH3 is 1. The van der Waals surface area contributed by atoms with Crippen LogP contribution in [0.5, 0.6) is 17.2 Å². The Kier molecular flexibility index (Phi) is 15.3. The molecule has 2 saturated heterocycles. The summed E-state index contributed by atoms with van der Waals surface area (Å²) in [5.41, 5.74) is 4.54. The van der Waals surface area contributed by atoms with Crippen molar-refractivity contribution in [3.05, 3.63) is 110 Å². The number of fused-ring (bicyclic) bond motifs is 2. The van der Waals surface area contributed by atoms with Crippen molar-refractivity contribution in [3.8, 4) is 17.2 Å². The lowest BCUT2D eigenvalue weighted by Crippen LogP contribution is -2.46. The van der Waals surface area contributed by atoms with Crippen LogP contribution in [0.25, 0.3) is 11.0 Å². The lowest BCUT2D eigenvalue weighted by Gasteiger charge is -2.36. The highest BCUT2D eigenvalue weighted by Gasteiger charge is 2.20. The smallest absolute Gasteiger partial charge is 0.142 e. The number of para-hydroxylation sites is 3. The highest BCUT2D eigenvalue weighted by Crippen LogP contribution is 2.29. The quantitative estimate of drug-likeness (QED) is 0.0745. The van der Waals surface area contributed by atoms with Gasteiger partial charge in [-0.1, -0.05) is 35.9 Å². The number of anilines is 2. The summed E-state index contributed by atoms with van der Waals surface area (Å²) < 4.78 is 23.4. The number of halogens is 3. The van der Waals surface area contributed by atoms with Gasteiger partial charge in [0.1, 0.15) is 17.2 Å². The van der Waals surface area contributed by atoms with E-state index in [9.17, 15) is 0 Å². The molecule has 8 rings (SSSR count). The van der Waals surface area contributed by atoms with Gasteiger partial charge in [0.05, 0.1) is 67.3 Å². The highest BCUT2D eigenvalue weighted by molar-refractivity contribution is 14.1. The molecule has 0 radical (unpaired) electrons. The fourth-order valence-electron chi connectivity index (χ4n) is 7.32. The zero-order valence-corrected chi connectivity index (χ0v) is 37.6. The fourth-order valence-corrected chi connectivity index (χ4v) is 8.63. The van der Waals surface area contributed by atoms with Crippen LogP contribution in [0.15, 0.2) is 97.6 Å². The number of nitrogens with zero attached hydrogens (tertiary/aromatic N) is 8. The van der Waals surface area contributed by atoms with Gasteiger partial charge in [-0.2, -0.15) is 10.2 Å². The van der Waals surface area contributed by atoms with E-state index >= 15 is 0 Å². The molecule has 11 nitrogen and oxygen atoms in total. The molecule has 2 fully saturated rings. The second-order valence-corrected chi connectivity index (χ2v) is 17.0. The Morgan fingerprint density at radius 1 is 0.596 bits per heavy atom. The third-order valence-corrected chi connectivity index (χ3v) is 12.5. The standard InChI is InChI=1S/C22H27IN4O2.C21H24ClIN4O/c1-28-22-7-3-2-6-20(22)26-13-11-25(12-14-26)9-4-5-15-29-18-8-10-27-21(16-18)19(23)17-24-27;22-18-5-1-2-6-20(18)26-12-10-25(11-13-26)8-3-4-14-28-17-7-9-27-21(15-17)19(23)16-24-27/h2-3,6-8,10,16-17H,4-5,9,11-15H2,1H3;1-2,5-7,9,15-16H,3-4,8,10-14H2. The molecule has 302 valence electrons. The van der Waals surface area contributed by atoms with Gasteiger partial charge in [0.25, 0.3) is 0 Å². The van der Waals surface area contributed by atoms with E-state index in [-0.39, 0.29) is 0 Å². The molecular weight excluding hydrogens is 966 g/mol. The summed E-state index contributed by atoms with van der Waals surface area (Å²) in [6.45, 7) is 12.3. The summed E-state index contributed by atoms with van der Waals surface area (Å²) in [7, 11) is 1.74. The molecule has 2 aromatic carbocycles. The van der Waals surface area contributed by atoms with Crippen LogP contribution in [0.4, 0.5) is 11.4 Å². The van der Waals surface area contributed by atoms with E-state index in [2.05, 4.69) is 111 Å². The minimum absolute atomic E-state index is 0.750. The molecule has 2 aliphatic rings. The van der Waals surface area contributed by atoms with E-state index in [4.69, 9.17) is 25.8 Å². The van der Waals surface area contributed by atoms with Crippen LogP contribution in [-0.2, 0) is 0 Å². The van der Waals surface area contributed by atoms with Gasteiger partial charge in [-0.05, 0) is 120 Å². The van der Waals surface area contributed by atoms with Crippen molar-refractivity contribution in [3.63, 3.8) is 0 Å². The van der Waals surface area contributed by atoms with Crippen molar-refractivity contribution in [2.24, 2.45) is 0 Å². The molecule has 0 bridgehead atoms. The van der Waals surface area contributed by atoms with Gasteiger partial charge in [-0.3, -0.25) is 9.80 Å². The number of hydrogen-bond acceptors (Lipinski definition) is 9. The molecule has 6 heterocycles. The molecule has 6 aromatic rings. The summed E-state index contributed by atoms with van der Waals surface area (Å²) in [4.78, 5) is 9.89. The van der Waals surface area contributed by atoms with Crippen LogP contribution in [0.3, 0.4) is 0 Å². The van der Waals surface area contributed by atoms with Gasteiger partial charge in [-0.15, -0.1) is 0 Å². The molecule has 4 aromatic heterocycles. The number of aromatic nitrogens is 4. The van der Waals surface area contributed by atoms with Crippen LogP contribution in [-0.4, -0.2) is 115 Å². The minimum atomic E-state index is 0.750. The lowest BCUT2D eigenvalue weighted by molar-refractivity contribution is 0.238. The van der Waals surface area contributed by atoms with Crippen LogP contribution in [0.2, 0.25) is 5.02 Å². The lowest BCUT2D eigenvalue weighted by atomic mass is 10.2. The van der Waals surface area contributed by atoms with Crippen molar-refractivity contribution < 1.29 is 14.2 Å². The van der Waals surface area contributed by atoms with E-state index in [1.54, 1.807) is 7.11 Å². The first-order chi connectivity index (χ1) is 27.9. The Hall–Kier alpha value is -3.51. The number of unbranched alkanes of at least 4 members (excludes halogenated alkanes) is 2. The van der Waals surface area contributed by atoms with E-state index in [0.29, 0.717) is 0 Å². The molecule has 0 aliphatic carbocycles. The summed E-state index contributed by atoms with van der Waals surface area (Å²) in [6.07, 6.45) is 12.1. The Morgan fingerprint density at radius 3 is 1.58 bits per heavy atom. The average Bonchev–Trinajstić information content (AvgIpc) is 3.82. The first kappa shape index (κ1) is 41.6. The Balaban J connectivity index is 0.000000174. The van der Waals surface area contributed by atoms with Gasteiger partial charge in [0.2, 0.25) is 0 Å². The Morgan fingerprint density at radius 2 is 1.07 bits per heavy atom. The first-order valence-corrected chi connectivity index (χ1v) is 22.3. The topological polar surface area (TPSA) is 75.2 Å². The van der Waals surface area contributed by atoms with Gasteiger partial charge in [0, 0.05) is 76.9 Å². The fraction of sp³-hybridized carbons (Fsp3) is 0.395. The average molecular weight is 1020 g/mol. The van der Waals surface area contributed by atoms with E-state index in [1.165, 1.54) is 5.69 Å². The van der Waals surface area contributed by atoms with Gasteiger partial charge < -0.3 is 24.0 Å². The molecule has 0 saturated carbocycles. The van der Waals surface area contributed by atoms with Crippen molar-refractivity contribution in [1.29, 1.82) is 0 Å². The zero-order chi connectivity index (χ0) is 39.4. The number of hydrogen-bond donors (Lipinski definition) is 0. The molecule has 0 amide bonds. The number of piperazine rings is 2. The van der Waals surface area contributed by atoms with E-state index < -0.39 is 0 Å². The predicted molar refractivity (Wildman–Crippen MR) is 247 cm³/mol. The first-order valence-electron chi connectivity index (χ1n) is 19.8. The molecule has 57 heavy (non-hydrogen) atoms. The molecule has 0 spiro atoms. The van der Waals surface area contributed by atoms with Crippen molar-refractivity contribution >= 4 is 79.2 Å². The number of rotatable bonds is 15. The second-order valence-electron chi connectivity index (χ2n) is 14.3. The highest BCUT2D eigenvalue weighted by atomic mass is 127. The van der Waals surface area contributed by atoms with Crippen LogP contribution < -0.4 is 24.0 Å². The van der Waals surface area contributed by atoms with Crippen LogP contribution >= 0.6 is 56.8 Å². The summed E-state index contributed by atoms with van der Waals surface area (Å²) in [5, 5.41) is 9.42. The van der Waals surface area contributed by atoms with Crippen LogP contribution in [0.1, 0.15) is 25.7 Å². The van der Waals surface area contributed by atoms with Crippen molar-refractivity contribution in [1.82, 2.24) is 29.0 Å². The minimum Gasteiger partial charge on any atom is -0.495 e. The van der Waals surface area contributed by atoms with Crippen molar-refractivity contribution in [2.45, 2.75) is 25.7 Å². The molecule has 2 aliphatic heterocycles. The Labute approximate surface area is 368 Å².